The Hall–Kier alpha value is 1.00. The molecule has 0 spiro atoms. The Morgan fingerprint density at radius 2 is 0.714 bits per heavy atom. The van der Waals surface area contributed by atoms with Crippen molar-refractivity contribution in [2.24, 2.45) is 0 Å². The first-order valence-electron chi connectivity index (χ1n) is 6.41. The second kappa shape index (κ2) is 16.4. The number of unbranched alkanes of at least 4 members (excludes halogenated alkanes) is 10. The largest absolute Gasteiger partial charge is 1.00 e. The van der Waals surface area contributed by atoms with Gasteiger partial charge in [-0.2, -0.15) is 0 Å². The standard InChI is InChI=1S/C13H28.Na.H/c1-3-5-7-9-11-13-12-10-8-6-4-2;;/h3-13H2,1-2H3;;/q;+1;-1. The Balaban J connectivity index is -0.000000720. The van der Waals surface area contributed by atoms with E-state index in [0.29, 0.717) is 0 Å². The fourth-order valence-electron chi connectivity index (χ4n) is 1.74. The molecule has 0 atom stereocenters. The molecule has 0 radical (unpaired) electrons. The molecule has 0 aliphatic carbocycles. The summed E-state index contributed by atoms with van der Waals surface area (Å²) in [7, 11) is 0. The topological polar surface area (TPSA) is 0 Å². The van der Waals surface area contributed by atoms with Gasteiger partial charge in [-0.1, -0.05) is 84.5 Å². The first-order valence-corrected chi connectivity index (χ1v) is 6.41. The SMILES string of the molecule is CCCCCCCCCCCCC.[H-].[Na+]. The average molecular weight is 208 g/mol. The van der Waals surface area contributed by atoms with Crippen molar-refractivity contribution >= 4 is 0 Å². The van der Waals surface area contributed by atoms with Crippen LogP contribution in [-0.4, -0.2) is 0 Å². The zero-order valence-corrected chi connectivity index (χ0v) is 12.8. The molecule has 0 aromatic carbocycles. The molecule has 0 aliphatic rings. The van der Waals surface area contributed by atoms with Crippen LogP contribution in [0, 0.1) is 0 Å². The Kier molecular flexibility index (Phi) is 20.4. The molecule has 0 saturated carbocycles. The van der Waals surface area contributed by atoms with Crippen molar-refractivity contribution in [1.82, 2.24) is 0 Å². The van der Waals surface area contributed by atoms with Crippen LogP contribution < -0.4 is 29.6 Å². The molecule has 0 fully saturated rings. The van der Waals surface area contributed by atoms with Crippen LogP contribution in [0.2, 0.25) is 0 Å². The summed E-state index contributed by atoms with van der Waals surface area (Å²) < 4.78 is 0. The molecule has 0 heterocycles. The third kappa shape index (κ3) is 15.5. The minimum atomic E-state index is 0. The summed E-state index contributed by atoms with van der Waals surface area (Å²) >= 11 is 0. The Labute approximate surface area is 115 Å². The minimum Gasteiger partial charge on any atom is -1.00 e. The van der Waals surface area contributed by atoms with E-state index in [4.69, 9.17) is 0 Å². The van der Waals surface area contributed by atoms with Gasteiger partial charge in [0.2, 0.25) is 0 Å². The van der Waals surface area contributed by atoms with Crippen molar-refractivity contribution in [3.05, 3.63) is 0 Å². The van der Waals surface area contributed by atoms with Crippen LogP contribution in [0.15, 0.2) is 0 Å². The fourth-order valence-corrected chi connectivity index (χ4v) is 1.74. The quantitative estimate of drug-likeness (QED) is 0.382. The predicted octanol–water partition coefficient (Wildman–Crippen LogP) is 2.43. The van der Waals surface area contributed by atoms with Crippen molar-refractivity contribution in [3.8, 4) is 0 Å². The van der Waals surface area contributed by atoms with E-state index in [9.17, 15) is 0 Å². The van der Waals surface area contributed by atoms with Crippen LogP contribution >= 0.6 is 0 Å². The maximum absolute atomic E-state index is 2.28. The fraction of sp³-hybridized carbons (Fsp3) is 1.00. The number of hydrogen-bond donors (Lipinski definition) is 0. The van der Waals surface area contributed by atoms with Crippen LogP contribution in [0.3, 0.4) is 0 Å². The molecule has 0 aromatic heterocycles. The molecule has 0 amide bonds. The van der Waals surface area contributed by atoms with Gasteiger partial charge < -0.3 is 1.43 Å². The van der Waals surface area contributed by atoms with Gasteiger partial charge in [-0.05, 0) is 0 Å². The van der Waals surface area contributed by atoms with E-state index >= 15 is 0 Å². The van der Waals surface area contributed by atoms with Crippen molar-refractivity contribution in [1.29, 1.82) is 0 Å². The molecule has 1 heteroatoms. The molecule has 0 aromatic rings. The van der Waals surface area contributed by atoms with Crippen molar-refractivity contribution < 1.29 is 31.0 Å². The number of rotatable bonds is 10. The van der Waals surface area contributed by atoms with Gasteiger partial charge in [-0.15, -0.1) is 0 Å². The molecule has 0 N–H and O–H groups in total. The molecule has 0 bridgehead atoms. The summed E-state index contributed by atoms with van der Waals surface area (Å²) in [5.41, 5.74) is 0. The molecule has 0 unspecified atom stereocenters. The van der Waals surface area contributed by atoms with Crippen LogP contribution in [0.1, 0.15) is 85.9 Å². The van der Waals surface area contributed by atoms with Gasteiger partial charge in [-0.3, -0.25) is 0 Å². The zero-order chi connectivity index (χ0) is 9.78. The molecule has 0 aliphatic heterocycles. The smallest absolute Gasteiger partial charge is 1.00 e. The van der Waals surface area contributed by atoms with E-state index in [1.807, 2.05) is 0 Å². The van der Waals surface area contributed by atoms with Gasteiger partial charge in [-0.25, -0.2) is 0 Å². The first kappa shape index (κ1) is 17.4. The van der Waals surface area contributed by atoms with Gasteiger partial charge in [0.25, 0.3) is 0 Å². The Morgan fingerprint density at radius 1 is 0.500 bits per heavy atom. The van der Waals surface area contributed by atoms with Gasteiger partial charge in [0.05, 0.1) is 0 Å². The van der Waals surface area contributed by atoms with E-state index in [0.717, 1.165) is 0 Å². The molecule has 82 valence electrons. The van der Waals surface area contributed by atoms with E-state index in [2.05, 4.69) is 13.8 Å². The summed E-state index contributed by atoms with van der Waals surface area (Å²) in [6.07, 6.45) is 15.9. The Morgan fingerprint density at radius 3 is 0.929 bits per heavy atom. The average Bonchev–Trinajstić information content (AvgIpc) is 2.16. The molecule has 0 rings (SSSR count). The molecule has 0 saturated heterocycles. The predicted molar refractivity (Wildman–Crippen MR) is 63.2 cm³/mol. The molecular weight excluding hydrogens is 179 g/mol. The second-order valence-corrected chi connectivity index (χ2v) is 4.18. The molecule has 0 nitrogen and oxygen atoms in total. The third-order valence-corrected chi connectivity index (χ3v) is 2.71. The normalized spacial score (nSPS) is 9.86. The summed E-state index contributed by atoms with van der Waals surface area (Å²) in [5, 5.41) is 0. The van der Waals surface area contributed by atoms with E-state index in [1.54, 1.807) is 0 Å². The van der Waals surface area contributed by atoms with Gasteiger partial charge in [0, 0.05) is 0 Å². The maximum atomic E-state index is 2.28. The van der Waals surface area contributed by atoms with E-state index in [-0.39, 0.29) is 31.0 Å². The van der Waals surface area contributed by atoms with E-state index < -0.39 is 0 Å². The van der Waals surface area contributed by atoms with Crippen LogP contribution in [0.25, 0.3) is 0 Å². The van der Waals surface area contributed by atoms with Crippen LogP contribution in [0.4, 0.5) is 0 Å². The third-order valence-electron chi connectivity index (χ3n) is 2.71. The van der Waals surface area contributed by atoms with Crippen molar-refractivity contribution in [3.63, 3.8) is 0 Å². The van der Waals surface area contributed by atoms with E-state index in [1.165, 1.54) is 70.6 Å². The monoisotopic (exact) mass is 208 g/mol. The second-order valence-electron chi connectivity index (χ2n) is 4.18. The zero-order valence-electron chi connectivity index (χ0n) is 11.8. The van der Waals surface area contributed by atoms with Gasteiger partial charge in [0.1, 0.15) is 0 Å². The van der Waals surface area contributed by atoms with Gasteiger partial charge in [0.15, 0.2) is 0 Å². The summed E-state index contributed by atoms with van der Waals surface area (Å²) in [5.74, 6) is 0. The molecular formula is C13H29Na. The van der Waals surface area contributed by atoms with Crippen LogP contribution in [-0.2, 0) is 0 Å². The summed E-state index contributed by atoms with van der Waals surface area (Å²) in [4.78, 5) is 0. The first-order chi connectivity index (χ1) is 6.41. The summed E-state index contributed by atoms with van der Waals surface area (Å²) in [6, 6.07) is 0. The number of hydrogen-bond acceptors (Lipinski definition) is 0. The Bertz CT molecular complexity index is 76.6. The molecule has 14 heavy (non-hydrogen) atoms. The van der Waals surface area contributed by atoms with Gasteiger partial charge >= 0.3 is 29.6 Å². The minimum absolute atomic E-state index is 0. The summed E-state index contributed by atoms with van der Waals surface area (Å²) in [6.45, 7) is 4.56. The maximum Gasteiger partial charge on any atom is 1.00 e. The van der Waals surface area contributed by atoms with Crippen molar-refractivity contribution in [2.75, 3.05) is 0 Å². The van der Waals surface area contributed by atoms with Crippen LogP contribution in [0.5, 0.6) is 0 Å². The van der Waals surface area contributed by atoms with Crippen molar-refractivity contribution in [2.45, 2.75) is 84.5 Å².